The SMILES string of the molecule is Cc1nc(C)c(C(=O)N2CCCS(=O)(=O)CC2)s1. The van der Waals surface area contributed by atoms with E-state index in [4.69, 9.17) is 0 Å². The van der Waals surface area contributed by atoms with Gasteiger partial charge in [0.25, 0.3) is 5.91 Å². The van der Waals surface area contributed by atoms with Gasteiger partial charge in [0.2, 0.25) is 0 Å². The second-order valence-electron chi connectivity index (χ2n) is 4.44. The molecule has 0 bridgehead atoms. The Labute approximate surface area is 111 Å². The zero-order chi connectivity index (χ0) is 13.3. The highest BCUT2D eigenvalue weighted by Gasteiger charge is 2.25. The molecular weight excluding hydrogens is 272 g/mol. The number of amides is 1. The van der Waals surface area contributed by atoms with Crippen LogP contribution in [0.5, 0.6) is 0 Å². The summed E-state index contributed by atoms with van der Waals surface area (Å²) in [6.45, 7) is 4.47. The number of aryl methyl sites for hydroxylation is 2. The summed E-state index contributed by atoms with van der Waals surface area (Å²) in [5.41, 5.74) is 0.731. The van der Waals surface area contributed by atoms with Crippen molar-refractivity contribution in [3.63, 3.8) is 0 Å². The van der Waals surface area contributed by atoms with Gasteiger partial charge in [-0.25, -0.2) is 13.4 Å². The summed E-state index contributed by atoms with van der Waals surface area (Å²) in [6.07, 6.45) is 0.519. The molecule has 2 heterocycles. The maximum Gasteiger partial charge on any atom is 0.265 e. The molecule has 0 saturated carbocycles. The predicted octanol–water partition coefficient (Wildman–Crippen LogP) is 1.02. The fourth-order valence-electron chi connectivity index (χ4n) is 2.01. The molecule has 0 N–H and O–H groups in total. The third-order valence-electron chi connectivity index (χ3n) is 2.94. The van der Waals surface area contributed by atoms with E-state index in [0.717, 1.165) is 10.7 Å². The van der Waals surface area contributed by atoms with Crippen molar-refractivity contribution >= 4 is 27.1 Å². The van der Waals surface area contributed by atoms with Crippen molar-refractivity contribution < 1.29 is 13.2 Å². The maximum absolute atomic E-state index is 12.3. The largest absolute Gasteiger partial charge is 0.337 e. The lowest BCUT2D eigenvalue weighted by Gasteiger charge is -2.18. The Morgan fingerprint density at radius 3 is 2.61 bits per heavy atom. The minimum Gasteiger partial charge on any atom is -0.337 e. The van der Waals surface area contributed by atoms with Crippen molar-refractivity contribution in [3.8, 4) is 0 Å². The number of aromatic nitrogens is 1. The molecule has 1 aliphatic heterocycles. The standard InChI is InChI=1S/C11H16N2O3S2/c1-8-10(17-9(2)12-8)11(14)13-4-3-6-18(15,16)7-5-13/h3-7H2,1-2H3. The summed E-state index contributed by atoms with van der Waals surface area (Å²) in [7, 11) is -2.98. The molecule has 0 unspecified atom stereocenters. The van der Waals surface area contributed by atoms with Gasteiger partial charge in [0.05, 0.1) is 22.2 Å². The van der Waals surface area contributed by atoms with E-state index >= 15 is 0 Å². The van der Waals surface area contributed by atoms with Crippen molar-refractivity contribution in [2.24, 2.45) is 0 Å². The Balaban J connectivity index is 2.17. The van der Waals surface area contributed by atoms with Crippen LogP contribution >= 0.6 is 11.3 Å². The summed E-state index contributed by atoms with van der Waals surface area (Å²) < 4.78 is 23.0. The van der Waals surface area contributed by atoms with E-state index in [1.807, 2.05) is 13.8 Å². The number of rotatable bonds is 1. The number of carbonyl (C=O) groups excluding carboxylic acids is 1. The fourth-order valence-corrected chi connectivity index (χ4v) is 4.17. The first-order chi connectivity index (χ1) is 8.39. The number of hydrogen-bond donors (Lipinski definition) is 0. The van der Waals surface area contributed by atoms with Crippen LogP contribution in [0.1, 0.15) is 26.8 Å². The summed E-state index contributed by atoms with van der Waals surface area (Å²) in [5.74, 6) is 0.155. The van der Waals surface area contributed by atoms with Crippen molar-refractivity contribution in [2.45, 2.75) is 20.3 Å². The van der Waals surface area contributed by atoms with Crippen molar-refractivity contribution in [3.05, 3.63) is 15.6 Å². The van der Waals surface area contributed by atoms with Gasteiger partial charge in [0, 0.05) is 13.1 Å². The Hall–Kier alpha value is -0.950. The molecule has 0 radical (unpaired) electrons. The Morgan fingerprint density at radius 2 is 2.00 bits per heavy atom. The van der Waals surface area contributed by atoms with E-state index in [1.165, 1.54) is 11.3 Å². The number of thiazole rings is 1. The van der Waals surface area contributed by atoms with Gasteiger partial charge in [-0.15, -0.1) is 11.3 Å². The lowest BCUT2D eigenvalue weighted by molar-refractivity contribution is 0.0772. The first-order valence-corrected chi connectivity index (χ1v) is 8.46. The quantitative estimate of drug-likeness (QED) is 0.774. The zero-order valence-corrected chi connectivity index (χ0v) is 12.1. The summed E-state index contributed by atoms with van der Waals surface area (Å²) in [5, 5.41) is 0.860. The summed E-state index contributed by atoms with van der Waals surface area (Å²) >= 11 is 1.37. The molecule has 18 heavy (non-hydrogen) atoms. The smallest absolute Gasteiger partial charge is 0.265 e. The average Bonchev–Trinajstić information content (AvgIpc) is 2.50. The molecule has 7 heteroatoms. The van der Waals surface area contributed by atoms with Crippen LogP contribution < -0.4 is 0 Å². The normalized spacial score (nSPS) is 19.6. The third kappa shape index (κ3) is 2.89. The molecular formula is C11H16N2O3S2. The van der Waals surface area contributed by atoms with Crippen LogP contribution in [-0.4, -0.2) is 48.8 Å². The van der Waals surface area contributed by atoms with E-state index in [0.29, 0.717) is 17.8 Å². The molecule has 1 aliphatic rings. The van der Waals surface area contributed by atoms with Gasteiger partial charge in [-0.2, -0.15) is 0 Å². The Morgan fingerprint density at radius 1 is 1.28 bits per heavy atom. The molecule has 0 aliphatic carbocycles. The first-order valence-electron chi connectivity index (χ1n) is 5.83. The van der Waals surface area contributed by atoms with Crippen LogP contribution in [0.2, 0.25) is 0 Å². The number of nitrogens with zero attached hydrogens (tertiary/aromatic N) is 2. The number of carbonyl (C=O) groups is 1. The van der Waals surface area contributed by atoms with Crippen molar-refractivity contribution in [1.82, 2.24) is 9.88 Å². The van der Waals surface area contributed by atoms with Crippen LogP contribution in [0.3, 0.4) is 0 Å². The molecule has 0 atom stereocenters. The lowest BCUT2D eigenvalue weighted by atomic mass is 10.3. The van der Waals surface area contributed by atoms with Gasteiger partial charge in [-0.3, -0.25) is 4.79 Å². The summed E-state index contributed by atoms with van der Waals surface area (Å²) in [6, 6.07) is 0. The monoisotopic (exact) mass is 288 g/mol. The van der Waals surface area contributed by atoms with E-state index in [1.54, 1.807) is 4.90 Å². The third-order valence-corrected chi connectivity index (χ3v) is 5.72. The van der Waals surface area contributed by atoms with Crippen LogP contribution in [-0.2, 0) is 9.84 Å². The first kappa shape index (κ1) is 13.5. The lowest BCUT2D eigenvalue weighted by Crippen LogP contribution is -2.33. The van der Waals surface area contributed by atoms with Gasteiger partial charge >= 0.3 is 0 Å². The molecule has 0 spiro atoms. The highest BCUT2D eigenvalue weighted by Crippen LogP contribution is 2.20. The maximum atomic E-state index is 12.3. The van der Waals surface area contributed by atoms with Crippen molar-refractivity contribution in [1.29, 1.82) is 0 Å². The fraction of sp³-hybridized carbons (Fsp3) is 0.636. The van der Waals surface area contributed by atoms with E-state index in [-0.39, 0.29) is 24.0 Å². The highest BCUT2D eigenvalue weighted by molar-refractivity contribution is 7.91. The molecule has 100 valence electrons. The van der Waals surface area contributed by atoms with E-state index in [2.05, 4.69) is 4.98 Å². The van der Waals surface area contributed by atoms with Gasteiger partial charge in [-0.05, 0) is 20.3 Å². The minimum absolute atomic E-state index is 0.0651. The molecule has 2 rings (SSSR count). The Kier molecular flexibility index (Phi) is 3.72. The van der Waals surface area contributed by atoms with E-state index in [9.17, 15) is 13.2 Å². The predicted molar refractivity (Wildman–Crippen MR) is 70.8 cm³/mol. The number of sulfone groups is 1. The molecule has 1 aromatic heterocycles. The van der Waals surface area contributed by atoms with Crippen LogP contribution in [0, 0.1) is 13.8 Å². The molecule has 1 aromatic rings. The van der Waals surface area contributed by atoms with Crippen LogP contribution in [0.25, 0.3) is 0 Å². The average molecular weight is 288 g/mol. The van der Waals surface area contributed by atoms with Crippen LogP contribution in [0.4, 0.5) is 0 Å². The molecule has 1 fully saturated rings. The van der Waals surface area contributed by atoms with Gasteiger partial charge in [-0.1, -0.05) is 0 Å². The second kappa shape index (κ2) is 4.97. The second-order valence-corrected chi connectivity index (χ2v) is 7.95. The molecule has 1 amide bonds. The van der Waals surface area contributed by atoms with Gasteiger partial charge < -0.3 is 4.90 Å². The molecule has 5 nitrogen and oxygen atoms in total. The van der Waals surface area contributed by atoms with Gasteiger partial charge in [0.1, 0.15) is 4.88 Å². The highest BCUT2D eigenvalue weighted by atomic mass is 32.2. The number of hydrogen-bond acceptors (Lipinski definition) is 5. The Bertz CT molecular complexity index is 563. The van der Waals surface area contributed by atoms with Crippen molar-refractivity contribution in [2.75, 3.05) is 24.6 Å². The van der Waals surface area contributed by atoms with Gasteiger partial charge in [0.15, 0.2) is 9.84 Å². The minimum atomic E-state index is -2.98. The zero-order valence-electron chi connectivity index (χ0n) is 10.5. The summed E-state index contributed by atoms with van der Waals surface area (Å²) in [4.78, 5) is 18.8. The van der Waals surface area contributed by atoms with E-state index < -0.39 is 9.84 Å². The topological polar surface area (TPSA) is 67.3 Å². The molecule has 1 saturated heterocycles. The molecule has 0 aromatic carbocycles. The van der Waals surface area contributed by atoms with Crippen LogP contribution in [0.15, 0.2) is 0 Å².